The van der Waals surface area contributed by atoms with Crippen molar-refractivity contribution in [2.24, 2.45) is 0 Å². The summed E-state index contributed by atoms with van der Waals surface area (Å²) in [4.78, 5) is 28.9. The maximum Gasteiger partial charge on any atom is 0.341 e. The summed E-state index contributed by atoms with van der Waals surface area (Å²) >= 11 is 1.36. The first-order valence-corrected chi connectivity index (χ1v) is 10.5. The number of hydrogen-bond donors (Lipinski definition) is 1. The molecule has 4 aromatic rings. The molecule has 2 aromatic heterocycles. The lowest BCUT2D eigenvalue weighted by molar-refractivity contribution is -0.115. The Morgan fingerprint density at radius 1 is 1.10 bits per heavy atom. The largest absolute Gasteiger partial charge is 0.455 e. The summed E-state index contributed by atoms with van der Waals surface area (Å²) in [6.07, 6.45) is 3.26. The highest BCUT2D eigenvalue weighted by Gasteiger charge is 2.13. The van der Waals surface area contributed by atoms with Gasteiger partial charge in [0.05, 0.1) is 29.6 Å². The lowest BCUT2D eigenvalue weighted by Gasteiger charge is -2.04. The third-order valence-corrected chi connectivity index (χ3v) is 5.33. The molecule has 7 nitrogen and oxygen atoms in total. The predicted molar refractivity (Wildman–Crippen MR) is 118 cm³/mol. The fourth-order valence-electron chi connectivity index (χ4n) is 2.85. The van der Waals surface area contributed by atoms with Crippen molar-refractivity contribution in [2.75, 3.05) is 5.32 Å². The number of carbonyl (C=O) groups excluding carboxylic acids is 2. The molecule has 0 unspecified atom stereocenters. The van der Waals surface area contributed by atoms with Crippen LogP contribution in [0.15, 0.2) is 72.4 Å². The van der Waals surface area contributed by atoms with Crippen molar-refractivity contribution < 1.29 is 14.3 Å². The highest BCUT2D eigenvalue weighted by molar-refractivity contribution is 7.09. The molecule has 2 aromatic carbocycles. The van der Waals surface area contributed by atoms with Crippen LogP contribution in [0.3, 0.4) is 0 Å². The van der Waals surface area contributed by atoms with Crippen LogP contribution in [-0.4, -0.2) is 26.6 Å². The summed E-state index contributed by atoms with van der Waals surface area (Å²) in [6.45, 7) is 2.02. The number of anilines is 1. The molecular formula is C23H20N4O3S. The number of nitrogens with zero attached hydrogens (tertiary/aromatic N) is 3. The van der Waals surface area contributed by atoms with Gasteiger partial charge in [-0.2, -0.15) is 5.10 Å². The number of amides is 1. The van der Waals surface area contributed by atoms with E-state index in [1.165, 1.54) is 17.5 Å². The molecule has 0 fully saturated rings. The number of carbonyl (C=O) groups is 2. The molecule has 8 heteroatoms. The standard InChI is InChI=1S/C23H20N4O3S/c1-16-7-9-18(10-8-16)25-21(28)11-22-26-19(15-31-22)14-30-23(29)17-12-24-27(13-17)20-5-3-2-4-6-20/h2-10,12-13,15H,11,14H2,1H3,(H,25,28). The Kier molecular flexibility index (Phi) is 6.18. The van der Waals surface area contributed by atoms with Gasteiger partial charge in [0.25, 0.3) is 0 Å². The first kappa shape index (κ1) is 20.5. The van der Waals surface area contributed by atoms with Crippen molar-refractivity contribution in [1.82, 2.24) is 14.8 Å². The fraction of sp³-hybridized carbons (Fsp3) is 0.130. The number of thiazole rings is 1. The van der Waals surface area contributed by atoms with Crippen molar-refractivity contribution in [3.05, 3.63) is 94.2 Å². The summed E-state index contributed by atoms with van der Waals surface area (Å²) in [5.41, 5.74) is 3.69. The topological polar surface area (TPSA) is 86.1 Å². The molecule has 0 bridgehead atoms. The van der Waals surface area contributed by atoms with Crippen molar-refractivity contribution in [3.8, 4) is 5.69 Å². The van der Waals surface area contributed by atoms with E-state index in [4.69, 9.17) is 4.74 Å². The molecule has 0 saturated carbocycles. The molecule has 156 valence electrons. The van der Waals surface area contributed by atoms with E-state index < -0.39 is 5.97 Å². The van der Waals surface area contributed by atoms with E-state index in [2.05, 4.69) is 15.4 Å². The van der Waals surface area contributed by atoms with Gasteiger partial charge in [0.2, 0.25) is 5.91 Å². The second kappa shape index (κ2) is 9.36. The van der Waals surface area contributed by atoms with E-state index in [0.717, 1.165) is 16.9 Å². The molecule has 2 heterocycles. The van der Waals surface area contributed by atoms with Crippen LogP contribution >= 0.6 is 11.3 Å². The number of hydrogen-bond acceptors (Lipinski definition) is 6. The second-order valence-corrected chi connectivity index (χ2v) is 7.85. The first-order valence-electron chi connectivity index (χ1n) is 9.64. The molecule has 0 spiro atoms. The van der Waals surface area contributed by atoms with Crippen molar-refractivity contribution in [3.63, 3.8) is 0 Å². The van der Waals surface area contributed by atoms with Gasteiger partial charge in [-0.05, 0) is 31.2 Å². The van der Waals surface area contributed by atoms with Crippen LogP contribution in [-0.2, 0) is 22.6 Å². The lowest BCUT2D eigenvalue weighted by Crippen LogP contribution is -2.14. The summed E-state index contributed by atoms with van der Waals surface area (Å²) in [7, 11) is 0. The Labute approximate surface area is 183 Å². The number of aromatic nitrogens is 3. The molecule has 31 heavy (non-hydrogen) atoms. The summed E-state index contributed by atoms with van der Waals surface area (Å²) in [5.74, 6) is -0.621. The van der Waals surface area contributed by atoms with Gasteiger partial charge < -0.3 is 10.1 Å². The fourth-order valence-corrected chi connectivity index (χ4v) is 3.63. The minimum Gasteiger partial charge on any atom is -0.455 e. The van der Waals surface area contributed by atoms with Gasteiger partial charge in [0.1, 0.15) is 11.6 Å². The van der Waals surface area contributed by atoms with Crippen LogP contribution in [0.1, 0.15) is 26.6 Å². The molecule has 0 aliphatic heterocycles. The Bertz CT molecular complexity index is 1180. The van der Waals surface area contributed by atoms with Gasteiger partial charge >= 0.3 is 5.97 Å². The van der Waals surface area contributed by atoms with E-state index in [0.29, 0.717) is 16.3 Å². The van der Waals surface area contributed by atoms with Gasteiger partial charge in [-0.25, -0.2) is 14.5 Å². The van der Waals surface area contributed by atoms with E-state index in [1.807, 2.05) is 61.5 Å². The quantitative estimate of drug-likeness (QED) is 0.443. The highest BCUT2D eigenvalue weighted by Crippen LogP contribution is 2.15. The molecule has 0 aliphatic rings. The average molecular weight is 433 g/mol. The van der Waals surface area contributed by atoms with Crippen LogP contribution in [0.2, 0.25) is 0 Å². The van der Waals surface area contributed by atoms with E-state index in [-0.39, 0.29) is 18.9 Å². The minimum absolute atomic E-state index is 0.0332. The van der Waals surface area contributed by atoms with Crippen LogP contribution in [0.5, 0.6) is 0 Å². The van der Waals surface area contributed by atoms with Crippen molar-refractivity contribution in [1.29, 1.82) is 0 Å². The normalized spacial score (nSPS) is 10.6. The molecule has 4 rings (SSSR count). The number of ether oxygens (including phenoxy) is 1. The van der Waals surface area contributed by atoms with Crippen LogP contribution in [0, 0.1) is 6.92 Å². The third kappa shape index (κ3) is 5.43. The van der Waals surface area contributed by atoms with Crippen LogP contribution in [0.4, 0.5) is 5.69 Å². The molecule has 0 aliphatic carbocycles. The highest BCUT2D eigenvalue weighted by atomic mass is 32.1. The van der Waals surface area contributed by atoms with Gasteiger partial charge in [0, 0.05) is 17.3 Å². The van der Waals surface area contributed by atoms with E-state index in [9.17, 15) is 9.59 Å². The van der Waals surface area contributed by atoms with Crippen LogP contribution < -0.4 is 5.32 Å². The van der Waals surface area contributed by atoms with E-state index >= 15 is 0 Å². The number of esters is 1. The van der Waals surface area contributed by atoms with Crippen LogP contribution in [0.25, 0.3) is 5.69 Å². The number of benzene rings is 2. The molecule has 0 atom stereocenters. The molecular weight excluding hydrogens is 412 g/mol. The van der Waals surface area contributed by atoms with Gasteiger partial charge in [0.15, 0.2) is 0 Å². The predicted octanol–water partition coefficient (Wildman–Crippen LogP) is 4.18. The minimum atomic E-state index is -0.478. The maximum atomic E-state index is 12.3. The van der Waals surface area contributed by atoms with Gasteiger partial charge in [-0.3, -0.25) is 4.79 Å². The summed E-state index contributed by atoms with van der Waals surface area (Å²) in [5, 5.41) is 9.49. The number of rotatable bonds is 7. The average Bonchev–Trinajstić information content (AvgIpc) is 3.44. The van der Waals surface area contributed by atoms with Gasteiger partial charge in [-0.15, -0.1) is 11.3 Å². The monoisotopic (exact) mass is 432 g/mol. The zero-order valence-corrected chi connectivity index (χ0v) is 17.6. The zero-order valence-electron chi connectivity index (χ0n) is 16.8. The van der Waals surface area contributed by atoms with Crippen molar-refractivity contribution >= 4 is 28.9 Å². The first-order chi connectivity index (χ1) is 15.1. The molecule has 1 amide bonds. The SMILES string of the molecule is Cc1ccc(NC(=O)Cc2nc(COC(=O)c3cnn(-c4ccccc4)c3)cs2)cc1. The zero-order chi connectivity index (χ0) is 21.6. The molecule has 0 radical (unpaired) electrons. The van der Waals surface area contributed by atoms with Gasteiger partial charge in [-0.1, -0.05) is 35.9 Å². The molecule has 0 saturated heterocycles. The van der Waals surface area contributed by atoms with E-state index in [1.54, 1.807) is 16.3 Å². The third-order valence-electron chi connectivity index (χ3n) is 4.44. The Balaban J connectivity index is 1.29. The Hall–Kier alpha value is -3.78. The smallest absolute Gasteiger partial charge is 0.341 e. The van der Waals surface area contributed by atoms with Crippen molar-refractivity contribution in [2.45, 2.75) is 20.0 Å². The maximum absolute atomic E-state index is 12.3. The molecule has 1 N–H and O–H groups in total. The number of aryl methyl sites for hydroxylation is 1. The Morgan fingerprint density at radius 2 is 1.87 bits per heavy atom. The number of para-hydroxylation sites is 1. The lowest BCUT2D eigenvalue weighted by atomic mass is 10.2. The number of nitrogens with one attached hydrogen (secondary N) is 1. The second-order valence-electron chi connectivity index (χ2n) is 6.91. The Morgan fingerprint density at radius 3 is 2.65 bits per heavy atom. The summed E-state index contributed by atoms with van der Waals surface area (Å²) in [6, 6.07) is 17.1. The summed E-state index contributed by atoms with van der Waals surface area (Å²) < 4.78 is 6.96.